The number of hydrogen-bond donors (Lipinski definition) is 1. The summed E-state index contributed by atoms with van der Waals surface area (Å²) in [5.74, 6) is -0.0706. The summed E-state index contributed by atoms with van der Waals surface area (Å²) in [6.07, 6.45) is -1.68. The second-order valence-corrected chi connectivity index (χ2v) is 11.1. The van der Waals surface area contributed by atoms with Crippen LogP contribution in [0.15, 0.2) is 85.1 Å². The topological polar surface area (TPSA) is 77.6 Å². The number of aryl methyl sites for hydroxylation is 1. The maximum Gasteiger partial charge on any atom is 0.416 e. The van der Waals surface area contributed by atoms with Crippen molar-refractivity contribution in [1.82, 2.24) is 30.1 Å². The maximum absolute atomic E-state index is 13.0. The van der Waals surface area contributed by atoms with Gasteiger partial charge in [0.25, 0.3) is 0 Å². The van der Waals surface area contributed by atoms with Crippen molar-refractivity contribution in [2.45, 2.75) is 45.2 Å². The van der Waals surface area contributed by atoms with Crippen molar-refractivity contribution in [1.29, 1.82) is 0 Å². The van der Waals surface area contributed by atoms with Gasteiger partial charge in [0.15, 0.2) is 0 Å². The molecule has 216 valence electrons. The summed E-state index contributed by atoms with van der Waals surface area (Å²) in [6, 6.07) is 22.4. The second-order valence-electron chi connectivity index (χ2n) is 11.1. The molecule has 0 aliphatic rings. The van der Waals surface area contributed by atoms with Crippen molar-refractivity contribution in [3.8, 4) is 33.8 Å². The Hall–Kier alpha value is -4.73. The zero-order valence-corrected chi connectivity index (χ0v) is 23.8. The highest BCUT2D eigenvalue weighted by Crippen LogP contribution is 2.32. The Morgan fingerprint density at radius 3 is 1.95 bits per heavy atom. The van der Waals surface area contributed by atoms with Gasteiger partial charge in [-0.25, -0.2) is 9.36 Å². The highest BCUT2D eigenvalue weighted by Gasteiger charge is 2.30. The normalized spacial score (nSPS) is 12.0. The molecule has 3 aromatic carbocycles. The van der Waals surface area contributed by atoms with Gasteiger partial charge in [0.05, 0.1) is 40.2 Å². The quantitative estimate of drug-likeness (QED) is 0.233. The molecule has 5 rings (SSSR count). The molecule has 1 amide bonds. The summed E-state index contributed by atoms with van der Waals surface area (Å²) in [4.78, 5) is 11.9. The monoisotopic (exact) mass is 572 g/mol. The van der Waals surface area contributed by atoms with Gasteiger partial charge in [0.2, 0.25) is 5.91 Å². The number of hydrogen-bond acceptors (Lipinski definition) is 4. The number of amides is 1. The predicted octanol–water partition coefficient (Wildman–Crippen LogP) is 6.78. The number of alkyl halides is 3. The van der Waals surface area contributed by atoms with Crippen LogP contribution >= 0.6 is 0 Å². The third kappa shape index (κ3) is 6.27. The molecule has 0 saturated carbocycles. The highest BCUT2D eigenvalue weighted by molar-refractivity contribution is 5.76. The third-order valence-corrected chi connectivity index (χ3v) is 6.99. The van der Waals surface area contributed by atoms with Crippen molar-refractivity contribution >= 4 is 5.91 Å². The van der Waals surface area contributed by atoms with E-state index in [9.17, 15) is 18.0 Å². The summed E-state index contributed by atoms with van der Waals surface area (Å²) in [5, 5.41) is 16.0. The second kappa shape index (κ2) is 11.3. The van der Waals surface area contributed by atoms with E-state index in [0.29, 0.717) is 18.4 Å². The van der Waals surface area contributed by atoms with E-state index in [2.05, 4.69) is 36.4 Å². The Labute approximate surface area is 242 Å². The molecule has 1 N–H and O–H groups in total. The molecule has 7 nitrogen and oxygen atoms in total. The lowest BCUT2D eigenvalue weighted by atomic mass is 9.93. The molecule has 42 heavy (non-hydrogen) atoms. The molecule has 0 spiro atoms. The molecule has 0 aliphatic heterocycles. The van der Waals surface area contributed by atoms with Crippen LogP contribution in [0.4, 0.5) is 13.2 Å². The summed E-state index contributed by atoms with van der Waals surface area (Å²) in [5.41, 5.74) is 5.72. The predicted molar refractivity (Wildman–Crippen MR) is 155 cm³/mol. The van der Waals surface area contributed by atoms with Gasteiger partial charge in [0, 0.05) is 30.9 Å². The van der Waals surface area contributed by atoms with Gasteiger partial charge in [-0.05, 0) is 53.6 Å². The van der Waals surface area contributed by atoms with Crippen molar-refractivity contribution in [3.63, 3.8) is 0 Å². The molecule has 2 aromatic heterocycles. The SMILES string of the molecule is CNC(=O)CCc1cc(-c2ccc(-c3ccc(C(F)(F)F)cc3)cc2)n(-c2ccc(-n3cc(C(C)(C)C)nn3)cc2)n1. The fourth-order valence-corrected chi connectivity index (χ4v) is 4.49. The lowest BCUT2D eigenvalue weighted by Crippen LogP contribution is -2.18. The zero-order chi connectivity index (χ0) is 30.1. The first-order valence-electron chi connectivity index (χ1n) is 13.5. The third-order valence-electron chi connectivity index (χ3n) is 6.99. The molecule has 2 heterocycles. The van der Waals surface area contributed by atoms with E-state index in [1.165, 1.54) is 12.1 Å². The van der Waals surface area contributed by atoms with Gasteiger partial charge in [-0.2, -0.15) is 18.3 Å². The minimum Gasteiger partial charge on any atom is -0.359 e. The van der Waals surface area contributed by atoms with Crippen LogP contribution in [0.5, 0.6) is 0 Å². The van der Waals surface area contributed by atoms with E-state index in [1.807, 2.05) is 65.5 Å². The molecule has 0 saturated heterocycles. The minimum absolute atomic E-state index is 0.0706. The summed E-state index contributed by atoms with van der Waals surface area (Å²) >= 11 is 0. The highest BCUT2D eigenvalue weighted by atomic mass is 19.4. The van der Waals surface area contributed by atoms with Crippen LogP contribution in [0.25, 0.3) is 33.8 Å². The fraction of sp³-hybridized carbons (Fsp3) is 0.250. The Bertz CT molecular complexity index is 1680. The number of halogens is 3. The van der Waals surface area contributed by atoms with Gasteiger partial charge < -0.3 is 5.32 Å². The number of benzene rings is 3. The van der Waals surface area contributed by atoms with Crippen molar-refractivity contribution < 1.29 is 18.0 Å². The molecule has 10 heteroatoms. The van der Waals surface area contributed by atoms with Crippen molar-refractivity contribution in [2.75, 3.05) is 7.05 Å². The van der Waals surface area contributed by atoms with E-state index in [-0.39, 0.29) is 11.3 Å². The molecule has 0 radical (unpaired) electrons. The lowest BCUT2D eigenvalue weighted by Gasteiger charge is -2.13. The van der Waals surface area contributed by atoms with E-state index >= 15 is 0 Å². The number of aromatic nitrogens is 5. The molecular weight excluding hydrogens is 541 g/mol. The summed E-state index contributed by atoms with van der Waals surface area (Å²) in [7, 11) is 1.60. The molecule has 0 aliphatic carbocycles. The standard InChI is InChI=1S/C32H31F3N6O/c1-31(2,3)29-20-40(39-37-29)26-14-16-27(17-15-26)41-28(19-25(38-41)13-18-30(42)36-4)23-7-5-21(6-8-23)22-9-11-24(12-10-22)32(33,34)35/h5-12,14-17,19-20H,13,18H2,1-4H3,(H,36,42). The van der Waals surface area contributed by atoms with Gasteiger partial charge in [-0.3, -0.25) is 4.79 Å². The van der Waals surface area contributed by atoms with Crippen LogP contribution in [-0.2, 0) is 22.8 Å². The molecule has 0 atom stereocenters. The average molecular weight is 573 g/mol. The lowest BCUT2D eigenvalue weighted by molar-refractivity contribution is -0.137. The van der Waals surface area contributed by atoms with Crippen LogP contribution in [0.2, 0.25) is 0 Å². The summed E-state index contributed by atoms with van der Waals surface area (Å²) < 4.78 is 42.5. The zero-order valence-electron chi connectivity index (χ0n) is 23.8. The Balaban J connectivity index is 1.46. The first kappa shape index (κ1) is 28.8. The smallest absolute Gasteiger partial charge is 0.359 e. The first-order valence-corrected chi connectivity index (χ1v) is 13.5. The number of carbonyl (C=O) groups excluding carboxylic acids is 1. The molecule has 0 unspecified atom stereocenters. The average Bonchev–Trinajstić information content (AvgIpc) is 3.64. The van der Waals surface area contributed by atoms with Crippen molar-refractivity contribution in [3.05, 3.63) is 102 Å². The maximum atomic E-state index is 13.0. The van der Waals surface area contributed by atoms with E-state index in [0.717, 1.165) is 51.7 Å². The number of nitrogens with one attached hydrogen (secondary N) is 1. The number of nitrogens with zero attached hydrogens (tertiary/aromatic N) is 5. The first-order chi connectivity index (χ1) is 19.9. The Morgan fingerprint density at radius 1 is 0.833 bits per heavy atom. The molecular formula is C32H31F3N6O. The van der Waals surface area contributed by atoms with E-state index < -0.39 is 11.7 Å². The molecule has 0 bridgehead atoms. The van der Waals surface area contributed by atoms with Crippen molar-refractivity contribution in [2.24, 2.45) is 0 Å². The largest absolute Gasteiger partial charge is 0.416 e. The Kier molecular flexibility index (Phi) is 7.73. The Morgan fingerprint density at radius 2 is 1.40 bits per heavy atom. The minimum atomic E-state index is -4.38. The van der Waals surface area contributed by atoms with Crippen LogP contribution < -0.4 is 5.32 Å². The van der Waals surface area contributed by atoms with Gasteiger partial charge in [0.1, 0.15) is 0 Å². The fourth-order valence-electron chi connectivity index (χ4n) is 4.49. The van der Waals surface area contributed by atoms with Crippen LogP contribution in [0.1, 0.15) is 44.1 Å². The van der Waals surface area contributed by atoms with Crippen LogP contribution in [0.3, 0.4) is 0 Å². The van der Waals surface area contributed by atoms with E-state index in [1.54, 1.807) is 11.7 Å². The number of carbonyl (C=O) groups is 1. The van der Waals surface area contributed by atoms with Gasteiger partial charge >= 0.3 is 6.18 Å². The molecule has 5 aromatic rings. The van der Waals surface area contributed by atoms with Gasteiger partial charge in [-0.15, -0.1) is 5.10 Å². The van der Waals surface area contributed by atoms with Crippen LogP contribution in [0, 0.1) is 0 Å². The number of rotatable bonds is 7. The van der Waals surface area contributed by atoms with Gasteiger partial charge in [-0.1, -0.05) is 62.4 Å². The molecule has 0 fully saturated rings. The summed E-state index contributed by atoms with van der Waals surface area (Å²) in [6.45, 7) is 6.25. The van der Waals surface area contributed by atoms with E-state index in [4.69, 9.17) is 5.10 Å². The van der Waals surface area contributed by atoms with Crippen LogP contribution in [-0.4, -0.2) is 37.7 Å².